The molecule has 1 aliphatic rings. The zero-order valence-electron chi connectivity index (χ0n) is 14.8. The molecule has 0 saturated carbocycles. The van der Waals surface area contributed by atoms with Crippen LogP contribution in [0.2, 0.25) is 5.02 Å². The van der Waals surface area contributed by atoms with E-state index < -0.39 is 11.0 Å². The second-order valence-corrected chi connectivity index (χ2v) is 6.92. The number of rotatable bonds is 7. The van der Waals surface area contributed by atoms with Gasteiger partial charge in [-0.15, -0.1) is 0 Å². The van der Waals surface area contributed by atoms with E-state index in [0.717, 1.165) is 36.9 Å². The maximum atomic E-state index is 10.8. The van der Waals surface area contributed by atoms with Crippen LogP contribution in [0, 0.1) is 10.1 Å². The first-order valence-electron chi connectivity index (χ1n) is 8.79. The van der Waals surface area contributed by atoms with Gasteiger partial charge < -0.3 is 14.7 Å². The lowest BCUT2D eigenvalue weighted by molar-refractivity contribution is -0.384. The topological polar surface area (TPSA) is 79.1 Å². The minimum atomic E-state index is -0.661. The normalized spacial score (nSPS) is 16.1. The van der Waals surface area contributed by atoms with Crippen molar-refractivity contribution in [3.8, 4) is 5.75 Å². The van der Waals surface area contributed by atoms with Gasteiger partial charge in [0.2, 0.25) is 0 Å². The van der Waals surface area contributed by atoms with E-state index in [2.05, 4.69) is 9.80 Å². The van der Waals surface area contributed by atoms with Gasteiger partial charge in [-0.3, -0.25) is 15.0 Å². The van der Waals surface area contributed by atoms with E-state index in [0.29, 0.717) is 12.3 Å². The number of piperazine rings is 1. The number of halogens is 1. The van der Waals surface area contributed by atoms with E-state index in [4.69, 9.17) is 16.3 Å². The van der Waals surface area contributed by atoms with E-state index in [1.807, 2.05) is 24.3 Å². The Morgan fingerprint density at radius 1 is 1.15 bits per heavy atom. The van der Waals surface area contributed by atoms with Crippen LogP contribution < -0.4 is 9.64 Å². The molecule has 1 N–H and O–H groups in total. The Hall–Kier alpha value is -2.35. The summed E-state index contributed by atoms with van der Waals surface area (Å²) >= 11 is 5.93. The fourth-order valence-electron chi connectivity index (χ4n) is 3.07. The second kappa shape index (κ2) is 9.03. The molecule has 0 radical (unpaired) electrons. The summed E-state index contributed by atoms with van der Waals surface area (Å²) in [4.78, 5) is 14.8. The van der Waals surface area contributed by atoms with Gasteiger partial charge >= 0.3 is 0 Å². The van der Waals surface area contributed by atoms with Crippen molar-refractivity contribution in [3.63, 3.8) is 0 Å². The number of aliphatic hydroxyl groups is 1. The van der Waals surface area contributed by atoms with Gasteiger partial charge in [0.05, 0.1) is 11.0 Å². The molecule has 0 aromatic heterocycles. The summed E-state index contributed by atoms with van der Waals surface area (Å²) in [5.41, 5.74) is 1.12. The van der Waals surface area contributed by atoms with Gasteiger partial charge in [-0.1, -0.05) is 17.7 Å². The fraction of sp³-hybridized carbons (Fsp3) is 0.368. The summed E-state index contributed by atoms with van der Waals surface area (Å²) in [6.45, 7) is 4.04. The van der Waals surface area contributed by atoms with E-state index in [1.54, 1.807) is 12.1 Å². The number of ether oxygens (including phenoxy) is 1. The van der Waals surface area contributed by atoms with Gasteiger partial charge in [-0.05, 0) is 30.3 Å². The molecule has 0 aliphatic carbocycles. The molecular formula is C19H22ClN3O4. The maximum Gasteiger partial charge on any atom is 0.273 e. The van der Waals surface area contributed by atoms with Gasteiger partial charge in [-0.25, -0.2) is 0 Å². The lowest BCUT2D eigenvalue weighted by atomic mass is 10.2. The SMILES string of the molecule is O=[N+]([O-])c1cccc(OCC(O)CN2CCN(c3ccc(Cl)cc3)CC2)c1. The molecule has 8 heteroatoms. The summed E-state index contributed by atoms with van der Waals surface area (Å²) in [5.74, 6) is 0.385. The molecule has 1 heterocycles. The summed E-state index contributed by atoms with van der Waals surface area (Å²) < 4.78 is 5.50. The molecule has 1 unspecified atom stereocenters. The number of hydrogen-bond acceptors (Lipinski definition) is 6. The lowest BCUT2D eigenvalue weighted by Gasteiger charge is -2.36. The highest BCUT2D eigenvalue weighted by atomic mass is 35.5. The quantitative estimate of drug-likeness (QED) is 0.577. The van der Waals surface area contributed by atoms with Crippen molar-refractivity contribution < 1.29 is 14.8 Å². The van der Waals surface area contributed by atoms with Gasteiger partial charge in [0.1, 0.15) is 18.5 Å². The Balaban J connectivity index is 1.43. The van der Waals surface area contributed by atoms with Crippen LogP contribution in [0.1, 0.15) is 0 Å². The molecule has 0 amide bonds. The minimum absolute atomic E-state index is 0.0275. The molecule has 2 aromatic rings. The molecule has 144 valence electrons. The summed E-state index contributed by atoms with van der Waals surface area (Å²) in [6.07, 6.45) is -0.661. The standard InChI is InChI=1S/C19H22ClN3O4/c20-15-4-6-16(7-5-15)22-10-8-21(9-11-22)13-18(24)14-27-19-3-1-2-17(12-19)23(25)26/h1-7,12,18,24H,8-11,13-14H2. The summed E-state index contributed by atoms with van der Waals surface area (Å²) in [6, 6.07) is 13.8. The molecule has 1 aliphatic heterocycles. The second-order valence-electron chi connectivity index (χ2n) is 6.48. The van der Waals surface area contributed by atoms with Crippen molar-refractivity contribution in [1.82, 2.24) is 4.90 Å². The van der Waals surface area contributed by atoms with Gasteiger partial charge in [-0.2, -0.15) is 0 Å². The predicted molar refractivity (Wildman–Crippen MR) is 105 cm³/mol. The van der Waals surface area contributed by atoms with E-state index in [-0.39, 0.29) is 12.3 Å². The Kier molecular flexibility index (Phi) is 6.49. The number of nitro groups is 1. The van der Waals surface area contributed by atoms with E-state index >= 15 is 0 Å². The van der Waals surface area contributed by atoms with Gasteiger partial charge in [0, 0.05) is 49.5 Å². The smallest absolute Gasteiger partial charge is 0.273 e. The van der Waals surface area contributed by atoms with Gasteiger partial charge in [0.25, 0.3) is 5.69 Å². The molecule has 0 bridgehead atoms. The number of nitro benzene ring substituents is 1. The van der Waals surface area contributed by atoms with Crippen molar-refractivity contribution >= 4 is 23.0 Å². The molecule has 7 nitrogen and oxygen atoms in total. The Morgan fingerprint density at radius 2 is 1.85 bits per heavy atom. The number of aliphatic hydroxyl groups excluding tert-OH is 1. The number of anilines is 1. The Labute approximate surface area is 162 Å². The zero-order chi connectivity index (χ0) is 19.2. The zero-order valence-corrected chi connectivity index (χ0v) is 15.6. The van der Waals surface area contributed by atoms with Crippen molar-refractivity contribution in [2.24, 2.45) is 0 Å². The average molecular weight is 392 g/mol. The van der Waals surface area contributed by atoms with Crippen molar-refractivity contribution in [3.05, 3.63) is 63.7 Å². The largest absolute Gasteiger partial charge is 0.491 e. The molecule has 1 saturated heterocycles. The number of hydrogen-bond donors (Lipinski definition) is 1. The third kappa shape index (κ3) is 5.56. The van der Waals surface area contributed by atoms with Gasteiger partial charge in [0.15, 0.2) is 0 Å². The molecule has 2 aromatic carbocycles. The van der Waals surface area contributed by atoms with Crippen molar-refractivity contribution in [2.45, 2.75) is 6.10 Å². The molecular weight excluding hydrogens is 370 g/mol. The summed E-state index contributed by atoms with van der Waals surface area (Å²) in [5, 5.41) is 21.7. The first-order valence-corrected chi connectivity index (χ1v) is 9.17. The molecule has 1 fully saturated rings. The van der Waals surface area contributed by atoms with Crippen molar-refractivity contribution in [1.29, 1.82) is 0 Å². The number of β-amino-alcohol motifs (C(OH)–C–C–N with tert-alkyl or cyclic N) is 1. The lowest BCUT2D eigenvalue weighted by Crippen LogP contribution is -2.49. The molecule has 1 atom stereocenters. The van der Waals surface area contributed by atoms with E-state index in [1.165, 1.54) is 12.1 Å². The highest BCUT2D eigenvalue weighted by Crippen LogP contribution is 2.20. The van der Waals surface area contributed by atoms with Crippen LogP contribution in [0.25, 0.3) is 0 Å². The highest BCUT2D eigenvalue weighted by Gasteiger charge is 2.20. The predicted octanol–water partition coefficient (Wildman–Crippen LogP) is 2.81. The Bertz CT molecular complexity index is 764. The van der Waals surface area contributed by atoms with Crippen LogP contribution in [-0.4, -0.2) is 60.4 Å². The average Bonchev–Trinajstić information content (AvgIpc) is 2.68. The van der Waals surface area contributed by atoms with Crippen LogP contribution in [0.4, 0.5) is 11.4 Å². The Morgan fingerprint density at radius 3 is 2.52 bits per heavy atom. The van der Waals surface area contributed by atoms with Crippen molar-refractivity contribution in [2.75, 3.05) is 44.2 Å². The van der Waals surface area contributed by atoms with Crippen LogP contribution in [0.15, 0.2) is 48.5 Å². The van der Waals surface area contributed by atoms with Crippen LogP contribution in [0.3, 0.4) is 0 Å². The first kappa shape index (κ1) is 19.4. The first-order chi connectivity index (χ1) is 13.0. The van der Waals surface area contributed by atoms with Crippen LogP contribution in [0.5, 0.6) is 5.75 Å². The van der Waals surface area contributed by atoms with Crippen LogP contribution in [-0.2, 0) is 0 Å². The minimum Gasteiger partial charge on any atom is -0.491 e. The number of nitrogens with zero attached hydrogens (tertiary/aromatic N) is 3. The molecule has 0 spiro atoms. The van der Waals surface area contributed by atoms with E-state index in [9.17, 15) is 15.2 Å². The maximum absolute atomic E-state index is 10.8. The number of non-ortho nitro benzene ring substituents is 1. The molecule has 27 heavy (non-hydrogen) atoms. The fourth-order valence-corrected chi connectivity index (χ4v) is 3.20. The third-order valence-corrected chi connectivity index (χ3v) is 4.76. The van der Waals surface area contributed by atoms with Crippen LogP contribution >= 0.6 is 11.6 Å². The third-order valence-electron chi connectivity index (χ3n) is 4.50. The number of benzene rings is 2. The molecule has 3 rings (SSSR count). The monoisotopic (exact) mass is 391 g/mol. The highest BCUT2D eigenvalue weighted by molar-refractivity contribution is 6.30. The summed E-state index contributed by atoms with van der Waals surface area (Å²) in [7, 11) is 0.